The van der Waals surface area contributed by atoms with Gasteiger partial charge in [-0.2, -0.15) is 0 Å². The third kappa shape index (κ3) is 5.41. The van der Waals surface area contributed by atoms with E-state index in [0.717, 1.165) is 39.3 Å². The minimum Gasteiger partial charge on any atom is -0.338 e. The molecule has 0 radical (unpaired) electrons. The number of amides is 1. The van der Waals surface area contributed by atoms with Gasteiger partial charge < -0.3 is 20.0 Å². The number of carbonyl (C=O) groups is 1. The van der Waals surface area contributed by atoms with Crippen molar-refractivity contribution in [3.8, 4) is 0 Å². The van der Waals surface area contributed by atoms with Gasteiger partial charge in [0.1, 0.15) is 5.82 Å². The Labute approximate surface area is 172 Å². The number of aryl methyl sites for hydroxylation is 1. The zero-order chi connectivity index (χ0) is 20.3. The molecule has 154 valence electrons. The van der Waals surface area contributed by atoms with Crippen molar-refractivity contribution in [2.75, 3.05) is 51.1 Å². The number of benzene rings is 1. The van der Waals surface area contributed by atoms with E-state index in [-0.39, 0.29) is 11.7 Å². The lowest BCUT2D eigenvalue weighted by molar-refractivity contribution is -0.896. The summed E-state index contributed by atoms with van der Waals surface area (Å²) in [6, 6.07) is 5.06. The second-order valence-electron chi connectivity index (χ2n) is 8.55. The molecule has 0 saturated carbocycles. The van der Waals surface area contributed by atoms with Crippen molar-refractivity contribution >= 4 is 28.9 Å². The van der Waals surface area contributed by atoms with Crippen molar-refractivity contribution in [1.29, 1.82) is 0 Å². The van der Waals surface area contributed by atoms with Crippen LogP contribution in [0.2, 0.25) is 0 Å². The number of hydrogen-bond acceptors (Lipinski definition) is 2. The van der Waals surface area contributed by atoms with E-state index in [0.29, 0.717) is 34.7 Å². The molecule has 1 amide bonds. The van der Waals surface area contributed by atoms with E-state index in [9.17, 15) is 9.18 Å². The fraction of sp³-hybridized carbons (Fsp3) is 0.619. The van der Waals surface area contributed by atoms with E-state index in [4.69, 9.17) is 12.2 Å². The largest absolute Gasteiger partial charge is 0.338 e. The number of carbonyl (C=O) groups excluding carboxylic acids is 1. The van der Waals surface area contributed by atoms with E-state index in [2.05, 4.69) is 29.0 Å². The first-order chi connectivity index (χ1) is 13.3. The van der Waals surface area contributed by atoms with Crippen LogP contribution in [0.15, 0.2) is 18.2 Å². The number of anilines is 1. The monoisotopic (exact) mass is 407 g/mol. The van der Waals surface area contributed by atoms with Gasteiger partial charge in [0, 0.05) is 18.8 Å². The summed E-state index contributed by atoms with van der Waals surface area (Å²) in [5.74, 6) is 1.23. The van der Waals surface area contributed by atoms with Crippen molar-refractivity contribution in [3.63, 3.8) is 0 Å². The minimum atomic E-state index is -0.234. The lowest BCUT2D eigenvalue weighted by Gasteiger charge is -2.37. The normalized spacial score (nSPS) is 23.6. The minimum absolute atomic E-state index is 0.234. The molecular formula is C21H32FN4OS+. The summed E-state index contributed by atoms with van der Waals surface area (Å²) < 4.78 is 13.7. The van der Waals surface area contributed by atoms with E-state index in [1.54, 1.807) is 13.0 Å². The van der Waals surface area contributed by atoms with Crippen molar-refractivity contribution in [1.82, 2.24) is 9.80 Å². The zero-order valence-corrected chi connectivity index (χ0v) is 17.9. The summed E-state index contributed by atoms with van der Waals surface area (Å²) in [6.07, 6.45) is 1.21. The third-order valence-electron chi connectivity index (χ3n) is 5.80. The number of hydrogen-bond donors (Lipinski definition) is 2. The molecule has 7 heteroatoms. The lowest BCUT2D eigenvalue weighted by atomic mass is 9.92. The molecular weight excluding hydrogens is 375 g/mol. The number of piperazine rings is 1. The molecule has 0 aliphatic carbocycles. The highest BCUT2D eigenvalue weighted by Gasteiger charge is 2.29. The number of halogens is 1. The van der Waals surface area contributed by atoms with Crippen LogP contribution in [-0.4, -0.2) is 66.6 Å². The molecule has 5 nitrogen and oxygen atoms in total. The Morgan fingerprint density at radius 2 is 1.86 bits per heavy atom. The summed E-state index contributed by atoms with van der Waals surface area (Å²) in [4.78, 5) is 18.2. The number of nitrogens with one attached hydrogen (secondary N) is 2. The average Bonchev–Trinajstić information content (AvgIpc) is 2.64. The number of likely N-dealkylation sites (tertiary alicyclic amines) is 1. The summed E-state index contributed by atoms with van der Waals surface area (Å²) in [5.41, 5.74) is 1.29. The Bertz CT molecular complexity index is 710. The Morgan fingerprint density at radius 1 is 1.21 bits per heavy atom. The van der Waals surface area contributed by atoms with Gasteiger partial charge >= 0.3 is 0 Å². The highest BCUT2D eigenvalue weighted by atomic mass is 32.1. The second kappa shape index (κ2) is 9.18. The van der Waals surface area contributed by atoms with Gasteiger partial charge in [0.2, 0.25) is 0 Å². The number of quaternary nitrogens is 1. The summed E-state index contributed by atoms with van der Waals surface area (Å²) in [5, 5.41) is 3.75. The van der Waals surface area contributed by atoms with Crippen molar-refractivity contribution in [3.05, 3.63) is 29.6 Å². The number of thiocarbonyl (C=S) groups is 1. The smallest absolute Gasteiger partial charge is 0.277 e. The Morgan fingerprint density at radius 3 is 2.46 bits per heavy atom. The molecule has 0 aromatic heterocycles. The molecule has 2 aliphatic rings. The first-order valence-corrected chi connectivity index (χ1v) is 10.7. The Balaban J connectivity index is 1.45. The van der Waals surface area contributed by atoms with Crippen molar-refractivity contribution < 1.29 is 14.1 Å². The molecule has 2 saturated heterocycles. The molecule has 2 N–H and O–H groups in total. The average molecular weight is 408 g/mol. The molecule has 2 heterocycles. The fourth-order valence-corrected chi connectivity index (χ4v) is 4.57. The molecule has 0 bridgehead atoms. The molecule has 0 unspecified atom stereocenters. The van der Waals surface area contributed by atoms with Gasteiger partial charge in [-0.15, -0.1) is 0 Å². The van der Waals surface area contributed by atoms with Gasteiger partial charge in [-0.05, 0) is 55.1 Å². The summed E-state index contributed by atoms with van der Waals surface area (Å²) in [6.45, 7) is 11.9. The maximum absolute atomic E-state index is 13.7. The van der Waals surface area contributed by atoms with Gasteiger partial charge in [0.05, 0.1) is 26.2 Å². The van der Waals surface area contributed by atoms with E-state index in [1.165, 1.54) is 17.4 Å². The number of piperidine rings is 1. The van der Waals surface area contributed by atoms with Gasteiger partial charge in [0.15, 0.2) is 11.7 Å². The molecule has 2 aliphatic heterocycles. The Kier molecular flexibility index (Phi) is 6.88. The molecule has 2 atom stereocenters. The molecule has 28 heavy (non-hydrogen) atoms. The molecule has 3 rings (SSSR count). The first kappa shape index (κ1) is 21.0. The molecule has 1 aromatic rings. The van der Waals surface area contributed by atoms with Crippen molar-refractivity contribution in [2.24, 2.45) is 11.8 Å². The maximum atomic E-state index is 13.7. The number of nitrogens with zero attached hydrogens (tertiary/aromatic N) is 2. The van der Waals surface area contributed by atoms with Gasteiger partial charge in [-0.1, -0.05) is 19.9 Å². The van der Waals surface area contributed by atoms with Crippen LogP contribution in [0.3, 0.4) is 0 Å². The molecule has 0 spiro atoms. The van der Waals surface area contributed by atoms with Gasteiger partial charge in [-0.25, -0.2) is 4.39 Å². The van der Waals surface area contributed by atoms with E-state index >= 15 is 0 Å². The van der Waals surface area contributed by atoms with Crippen LogP contribution < -0.4 is 10.2 Å². The highest BCUT2D eigenvalue weighted by molar-refractivity contribution is 7.80. The molecule has 2 fully saturated rings. The fourth-order valence-electron chi connectivity index (χ4n) is 4.27. The summed E-state index contributed by atoms with van der Waals surface area (Å²) in [7, 11) is 0. The number of rotatable bonds is 3. The molecule has 1 aromatic carbocycles. The van der Waals surface area contributed by atoms with Crippen LogP contribution in [0.4, 0.5) is 10.1 Å². The van der Waals surface area contributed by atoms with Crippen LogP contribution in [0.1, 0.15) is 25.8 Å². The van der Waals surface area contributed by atoms with Crippen LogP contribution >= 0.6 is 12.2 Å². The van der Waals surface area contributed by atoms with E-state index < -0.39 is 0 Å². The highest BCUT2D eigenvalue weighted by Crippen LogP contribution is 2.20. The predicted octanol–water partition coefficient (Wildman–Crippen LogP) is 1.54. The summed E-state index contributed by atoms with van der Waals surface area (Å²) >= 11 is 5.49. The second-order valence-corrected chi connectivity index (χ2v) is 8.94. The Hall–Kier alpha value is -1.73. The first-order valence-electron chi connectivity index (χ1n) is 10.2. The van der Waals surface area contributed by atoms with Gasteiger partial charge in [-0.3, -0.25) is 4.79 Å². The van der Waals surface area contributed by atoms with Crippen LogP contribution in [0.5, 0.6) is 0 Å². The van der Waals surface area contributed by atoms with Crippen LogP contribution in [0, 0.1) is 24.6 Å². The van der Waals surface area contributed by atoms with Crippen molar-refractivity contribution in [2.45, 2.75) is 27.2 Å². The quantitative estimate of drug-likeness (QED) is 0.746. The van der Waals surface area contributed by atoms with Gasteiger partial charge in [0.25, 0.3) is 5.91 Å². The SMILES string of the molecule is Cc1ccc(NC(=S)N2CC[NH+](CC(=O)N3C[C@H](C)C[C@@H](C)C3)CC2)cc1F. The predicted molar refractivity (Wildman–Crippen MR) is 114 cm³/mol. The van der Waals surface area contributed by atoms with Crippen LogP contribution in [-0.2, 0) is 4.79 Å². The topological polar surface area (TPSA) is 40.0 Å². The standard InChI is InChI=1S/C21H31FN4OS/c1-15-10-16(2)13-26(12-15)20(27)14-24-6-8-25(9-7-24)21(28)23-18-5-4-17(3)19(22)11-18/h4-5,11,15-16H,6-10,12-14H2,1-3H3,(H,23,28)/p+1/t15-,16-/m1/s1. The van der Waals surface area contributed by atoms with E-state index in [1.807, 2.05) is 6.07 Å². The zero-order valence-electron chi connectivity index (χ0n) is 17.1. The van der Waals surface area contributed by atoms with Crippen LogP contribution in [0.25, 0.3) is 0 Å². The lowest BCUT2D eigenvalue weighted by Crippen LogP contribution is -3.15. The third-order valence-corrected chi connectivity index (χ3v) is 6.16. The maximum Gasteiger partial charge on any atom is 0.277 e.